The zero-order chi connectivity index (χ0) is 8.89. The van der Waals surface area contributed by atoms with Crippen LogP contribution in [0.25, 0.3) is 0 Å². The summed E-state index contributed by atoms with van der Waals surface area (Å²) in [5.41, 5.74) is 1.46. The van der Waals surface area contributed by atoms with E-state index in [1.54, 1.807) is 0 Å². The molecule has 1 saturated carbocycles. The average molecular weight is 178 g/mol. The van der Waals surface area contributed by atoms with Gasteiger partial charge in [0, 0.05) is 11.8 Å². The highest BCUT2D eigenvalue weighted by atomic mass is 16.5. The van der Waals surface area contributed by atoms with E-state index >= 15 is 0 Å². The molecule has 0 unspecified atom stereocenters. The largest absolute Gasteiger partial charge is 0.373 e. The number of allylic oxidation sites excluding steroid dienone is 1. The Labute approximate surface area is 78.0 Å². The fourth-order valence-electron chi connectivity index (χ4n) is 3.21. The predicted octanol–water partition coefficient (Wildman–Crippen LogP) is 1.84. The quantitative estimate of drug-likeness (QED) is 0.565. The second kappa shape index (κ2) is 2.44. The van der Waals surface area contributed by atoms with E-state index in [4.69, 9.17) is 4.74 Å². The van der Waals surface area contributed by atoms with Crippen LogP contribution in [-0.4, -0.2) is 18.5 Å². The van der Waals surface area contributed by atoms with Crippen molar-refractivity contribution in [1.82, 2.24) is 0 Å². The summed E-state index contributed by atoms with van der Waals surface area (Å²) in [5, 5.41) is 0. The summed E-state index contributed by atoms with van der Waals surface area (Å²) >= 11 is 0. The minimum absolute atomic E-state index is 0.162. The Morgan fingerprint density at radius 1 is 1.46 bits per heavy atom. The topological polar surface area (TPSA) is 26.3 Å². The van der Waals surface area contributed by atoms with Gasteiger partial charge in [-0.3, -0.25) is 4.79 Å². The molecular weight excluding hydrogens is 164 g/mol. The number of rotatable bonds is 0. The molecule has 0 amide bonds. The highest BCUT2D eigenvalue weighted by Gasteiger charge is 2.52. The van der Waals surface area contributed by atoms with Crippen LogP contribution < -0.4 is 0 Å². The summed E-state index contributed by atoms with van der Waals surface area (Å²) in [6.07, 6.45) is 7.80. The third-order valence-corrected chi connectivity index (χ3v) is 3.86. The number of ketones is 1. The van der Waals surface area contributed by atoms with Crippen LogP contribution in [0.1, 0.15) is 32.1 Å². The molecule has 2 atom stereocenters. The molecule has 70 valence electrons. The van der Waals surface area contributed by atoms with Crippen LogP contribution in [0, 0.1) is 5.41 Å². The molecule has 2 fully saturated rings. The summed E-state index contributed by atoms with van der Waals surface area (Å²) < 4.78 is 5.74. The van der Waals surface area contributed by atoms with E-state index in [9.17, 15) is 4.79 Å². The Bertz CT molecular complexity index is 292. The molecule has 3 rings (SSSR count). The molecule has 2 nitrogen and oxygen atoms in total. The molecule has 1 heterocycles. The van der Waals surface area contributed by atoms with Gasteiger partial charge in [0.2, 0.25) is 0 Å². The van der Waals surface area contributed by atoms with Gasteiger partial charge in [-0.2, -0.15) is 0 Å². The van der Waals surface area contributed by atoms with Crippen LogP contribution in [0.2, 0.25) is 0 Å². The zero-order valence-electron chi connectivity index (χ0n) is 7.71. The molecule has 0 N–H and O–H groups in total. The smallest absolute Gasteiger partial charge is 0.156 e. The molecular formula is C11H14O2. The summed E-state index contributed by atoms with van der Waals surface area (Å²) in [6, 6.07) is 0. The van der Waals surface area contributed by atoms with Crippen molar-refractivity contribution >= 4 is 5.78 Å². The van der Waals surface area contributed by atoms with Gasteiger partial charge in [-0.15, -0.1) is 0 Å². The average Bonchev–Trinajstić information content (AvgIpc) is 2.57. The van der Waals surface area contributed by atoms with Gasteiger partial charge in [0.15, 0.2) is 5.78 Å². The highest BCUT2D eigenvalue weighted by Crippen LogP contribution is 2.53. The number of ether oxygens (including phenoxy) is 1. The minimum atomic E-state index is 0.162. The van der Waals surface area contributed by atoms with Crippen molar-refractivity contribution in [2.45, 2.75) is 38.2 Å². The monoisotopic (exact) mass is 178 g/mol. The first-order valence-electron chi connectivity index (χ1n) is 5.17. The van der Waals surface area contributed by atoms with Crippen molar-refractivity contribution in [3.05, 3.63) is 11.6 Å². The predicted molar refractivity (Wildman–Crippen MR) is 48.3 cm³/mol. The molecule has 0 radical (unpaired) electrons. The Morgan fingerprint density at radius 3 is 3.31 bits per heavy atom. The van der Waals surface area contributed by atoms with E-state index in [2.05, 4.69) is 0 Å². The molecule has 3 aliphatic rings. The van der Waals surface area contributed by atoms with Crippen molar-refractivity contribution in [1.29, 1.82) is 0 Å². The number of hydrogen-bond donors (Lipinski definition) is 0. The van der Waals surface area contributed by atoms with Gasteiger partial charge >= 0.3 is 0 Å². The molecule has 13 heavy (non-hydrogen) atoms. The summed E-state index contributed by atoms with van der Waals surface area (Å²) in [4.78, 5) is 11.4. The molecule has 1 saturated heterocycles. The van der Waals surface area contributed by atoms with E-state index in [-0.39, 0.29) is 5.41 Å². The van der Waals surface area contributed by atoms with Gasteiger partial charge in [-0.05, 0) is 24.5 Å². The number of carbonyl (C=O) groups is 1. The second-order valence-electron chi connectivity index (χ2n) is 4.51. The van der Waals surface area contributed by atoms with Gasteiger partial charge in [-0.1, -0.05) is 12.8 Å². The molecule has 1 spiro atoms. The lowest BCUT2D eigenvalue weighted by Gasteiger charge is -2.35. The maximum absolute atomic E-state index is 11.4. The van der Waals surface area contributed by atoms with Crippen molar-refractivity contribution in [3.8, 4) is 0 Å². The van der Waals surface area contributed by atoms with Gasteiger partial charge in [0.1, 0.15) is 0 Å². The van der Waals surface area contributed by atoms with E-state index in [1.807, 2.05) is 6.08 Å². The molecule has 0 aromatic carbocycles. The van der Waals surface area contributed by atoms with Crippen molar-refractivity contribution < 1.29 is 9.53 Å². The number of carbonyl (C=O) groups excluding carboxylic acids is 1. The van der Waals surface area contributed by atoms with Gasteiger partial charge in [0.25, 0.3) is 0 Å². The third-order valence-electron chi connectivity index (χ3n) is 3.86. The van der Waals surface area contributed by atoms with Crippen LogP contribution in [0.5, 0.6) is 0 Å². The normalized spacial score (nSPS) is 42.9. The molecule has 2 aliphatic carbocycles. The van der Waals surface area contributed by atoms with E-state index in [0.717, 1.165) is 19.4 Å². The highest BCUT2D eigenvalue weighted by molar-refractivity contribution is 5.94. The lowest BCUT2D eigenvalue weighted by molar-refractivity contribution is -0.117. The first kappa shape index (κ1) is 7.74. The molecule has 1 aliphatic heterocycles. The van der Waals surface area contributed by atoms with Crippen LogP contribution in [0.3, 0.4) is 0 Å². The maximum atomic E-state index is 11.4. The summed E-state index contributed by atoms with van der Waals surface area (Å²) in [6.45, 7) is 0.719. The maximum Gasteiger partial charge on any atom is 0.156 e. The SMILES string of the molecule is O=C1C=C2CO[C@@H]3CCCC[C@]23C1. The van der Waals surface area contributed by atoms with Crippen molar-refractivity contribution in [2.75, 3.05) is 6.61 Å². The van der Waals surface area contributed by atoms with Crippen LogP contribution in [-0.2, 0) is 9.53 Å². The van der Waals surface area contributed by atoms with Crippen LogP contribution >= 0.6 is 0 Å². The van der Waals surface area contributed by atoms with E-state index in [1.165, 1.54) is 24.8 Å². The number of hydrogen-bond acceptors (Lipinski definition) is 2. The third kappa shape index (κ3) is 0.896. The van der Waals surface area contributed by atoms with Crippen LogP contribution in [0.15, 0.2) is 11.6 Å². The molecule has 0 aromatic rings. The molecule has 0 aromatic heterocycles. The van der Waals surface area contributed by atoms with E-state index in [0.29, 0.717) is 11.9 Å². The Hall–Kier alpha value is -0.630. The van der Waals surface area contributed by atoms with E-state index < -0.39 is 0 Å². The summed E-state index contributed by atoms with van der Waals surface area (Å²) in [7, 11) is 0. The zero-order valence-corrected chi connectivity index (χ0v) is 7.71. The molecule has 2 heteroatoms. The minimum Gasteiger partial charge on any atom is -0.373 e. The Kier molecular flexibility index (Phi) is 1.46. The lowest BCUT2D eigenvalue weighted by atomic mass is 9.69. The second-order valence-corrected chi connectivity index (χ2v) is 4.51. The Morgan fingerprint density at radius 2 is 2.38 bits per heavy atom. The molecule has 0 bridgehead atoms. The van der Waals surface area contributed by atoms with Gasteiger partial charge in [0.05, 0.1) is 12.7 Å². The van der Waals surface area contributed by atoms with Gasteiger partial charge in [-0.25, -0.2) is 0 Å². The first-order valence-corrected chi connectivity index (χ1v) is 5.17. The van der Waals surface area contributed by atoms with Crippen molar-refractivity contribution in [2.24, 2.45) is 5.41 Å². The summed E-state index contributed by atoms with van der Waals surface area (Å²) in [5.74, 6) is 0.324. The van der Waals surface area contributed by atoms with Crippen LogP contribution in [0.4, 0.5) is 0 Å². The first-order chi connectivity index (χ1) is 6.31. The lowest BCUT2D eigenvalue weighted by Crippen LogP contribution is -2.34. The Balaban J connectivity index is 2.02. The van der Waals surface area contributed by atoms with Gasteiger partial charge < -0.3 is 4.74 Å². The fraction of sp³-hybridized carbons (Fsp3) is 0.727. The standard InChI is InChI=1S/C11H14O2/c12-9-5-8-7-13-10-3-1-2-4-11(8,10)6-9/h5,10H,1-4,6-7H2/t10-,11+/m1/s1. The fourth-order valence-corrected chi connectivity index (χ4v) is 3.21. The van der Waals surface area contributed by atoms with Crippen molar-refractivity contribution in [3.63, 3.8) is 0 Å².